The maximum atomic E-state index is 10.9. The SMILES string of the molecule is Nc1sc(C(=O)CCl)nc1Br. The summed E-state index contributed by atoms with van der Waals surface area (Å²) >= 11 is 9.53. The van der Waals surface area contributed by atoms with Crippen molar-refractivity contribution in [3.8, 4) is 0 Å². The van der Waals surface area contributed by atoms with Crippen LogP contribution < -0.4 is 5.73 Å². The minimum atomic E-state index is -0.200. The van der Waals surface area contributed by atoms with Gasteiger partial charge in [-0.2, -0.15) is 0 Å². The molecule has 2 N–H and O–H groups in total. The standard InChI is InChI=1S/C5H4BrClN2OS/c6-3-4(8)11-5(9-3)2(10)1-7/h1,8H2. The lowest BCUT2D eigenvalue weighted by Crippen LogP contribution is -1.98. The minimum Gasteiger partial charge on any atom is -0.388 e. The van der Waals surface area contributed by atoms with E-state index < -0.39 is 0 Å². The van der Waals surface area contributed by atoms with E-state index in [1.165, 1.54) is 0 Å². The van der Waals surface area contributed by atoms with Crippen LogP contribution in [0.15, 0.2) is 4.60 Å². The van der Waals surface area contributed by atoms with Gasteiger partial charge >= 0.3 is 0 Å². The Morgan fingerprint density at radius 1 is 1.82 bits per heavy atom. The van der Waals surface area contributed by atoms with Crippen LogP contribution in [0.5, 0.6) is 0 Å². The van der Waals surface area contributed by atoms with Gasteiger partial charge in [-0.05, 0) is 15.9 Å². The summed E-state index contributed by atoms with van der Waals surface area (Å²) in [5.41, 5.74) is 5.45. The third kappa shape index (κ3) is 1.91. The van der Waals surface area contributed by atoms with E-state index in [-0.39, 0.29) is 11.7 Å². The number of ketones is 1. The first kappa shape index (κ1) is 8.96. The van der Waals surface area contributed by atoms with Crippen LogP contribution in [0.1, 0.15) is 9.80 Å². The Labute approximate surface area is 80.7 Å². The molecule has 0 unspecified atom stereocenters. The third-order valence-electron chi connectivity index (χ3n) is 0.970. The van der Waals surface area contributed by atoms with Crippen molar-refractivity contribution in [1.82, 2.24) is 4.98 Å². The summed E-state index contributed by atoms with van der Waals surface area (Å²) in [5, 5.41) is 0.850. The number of rotatable bonds is 2. The van der Waals surface area contributed by atoms with Crippen LogP contribution in [0.3, 0.4) is 0 Å². The smallest absolute Gasteiger partial charge is 0.206 e. The predicted octanol–water partition coefficient (Wildman–Crippen LogP) is 1.91. The fraction of sp³-hybridized carbons (Fsp3) is 0.200. The molecule has 11 heavy (non-hydrogen) atoms. The van der Waals surface area contributed by atoms with Crippen LogP contribution in [-0.4, -0.2) is 16.6 Å². The summed E-state index contributed by atoms with van der Waals surface area (Å²) < 4.78 is 0.510. The number of nitrogen functional groups attached to an aromatic ring is 1. The highest BCUT2D eigenvalue weighted by Crippen LogP contribution is 2.25. The predicted molar refractivity (Wildman–Crippen MR) is 49.3 cm³/mol. The number of halogens is 2. The molecule has 1 rings (SSSR count). The van der Waals surface area contributed by atoms with E-state index >= 15 is 0 Å². The van der Waals surface area contributed by atoms with Crippen LogP contribution in [0.2, 0.25) is 0 Å². The molecule has 0 aliphatic carbocycles. The molecule has 0 aromatic carbocycles. The molecule has 0 radical (unpaired) electrons. The Balaban J connectivity index is 2.97. The van der Waals surface area contributed by atoms with Crippen molar-refractivity contribution >= 4 is 49.7 Å². The Kier molecular flexibility index (Phi) is 2.86. The molecule has 0 atom stereocenters. The highest BCUT2D eigenvalue weighted by Gasteiger charge is 2.11. The van der Waals surface area contributed by atoms with Crippen LogP contribution in [0.25, 0.3) is 0 Å². The zero-order valence-electron chi connectivity index (χ0n) is 5.30. The summed E-state index contributed by atoms with van der Waals surface area (Å²) in [4.78, 5) is 14.8. The summed E-state index contributed by atoms with van der Waals surface area (Å²) in [7, 11) is 0. The van der Waals surface area contributed by atoms with Crippen molar-refractivity contribution in [3.05, 3.63) is 9.61 Å². The lowest BCUT2D eigenvalue weighted by molar-refractivity contribution is 0.102. The van der Waals surface area contributed by atoms with E-state index in [1.54, 1.807) is 0 Å². The molecule has 0 saturated carbocycles. The number of thiazole rings is 1. The summed E-state index contributed by atoms with van der Waals surface area (Å²) in [6.45, 7) is 0. The first-order valence-electron chi connectivity index (χ1n) is 2.66. The van der Waals surface area contributed by atoms with Gasteiger partial charge in [0.15, 0.2) is 5.01 Å². The second kappa shape index (κ2) is 3.51. The van der Waals surface area contributed by atoms with Crippen LogP contribution in [0, 0.1) is 0 Å². The monoisotopic (exact) mass is 254 g/mol. The first-order valence-corrected chi connectivity index (χ1v) is 4.80. The molecule has 0 aliphatic rings. The number of carbonyl (C=O) groups is 1. The fourth-order valence-electron chi connectivity index (χ4n) is 0.490. The number of nitrogens with zero attached hydrogens (tertiary/aromatic N) is 1. The number of nitrogens with two attached hydrogens (primary N) is 1. The Bertz CT molecular complexity index is 269. The molecule has 0 saturated heterocycles. The average molecular weight is 256 g/mol. The fourth-order valence-corrected chi connectivity index (χ4v) is 1.89. The maximum absolute atomic E-state index is 10.9. The highest BCUT2D eigenvalue weighted by molar-refractivity contribution is 9.10. The molecule has 0 spiro atoms. The van der Waals surface area contributed by atoms with Gasteiger partial charge in [-0.1, -0.05) is 11.3 Å². The summed E-state index contributed by atoms with van der Waals surface area (Å²) in [6, 6.07) is 0. The zero-order valence-corrected chi connectivity index (χ0v) is 8.46. The molecular weight excluding hydrogens is 251 g/mol. The second-order valence-electron chi connectivity index (χ2n) is 1.73. The zero-order chi connectivity index (χ0) is 8.43. The minimum absolute atomic E-state index is 0.0562. The number of aromatic nitrogens is 1. The number of Topliss-reactive ketones (excluding diaryl/α,β-unsaturated/α-hetero) is 1. The molecule has 6 heteroatoms. The van der Waals surface area contributed by atoms with E-state index in [0.717, 1.165) is 11.3 Å². The van der Waals surface area contributed by atoms with Crippen molar-refractivity contribution in [2.45, 2.75) is 0 Å². The summed E-state index contributed by atoms with van der Waals surface area (Å²) in [6.07, 6.45) is 0. The molecule has 3 nitrogen and oxygen atoms in total. The van der Waals surface area contributed by atoms with Gasteiger partial charge in [-0.25, -0.2) is 4.98 Å². The van der Waals surface area contributed by atoms with E-state index in [4.69, 9.17) is 17.3 Å². The Morgan fingerprint density at radius 3 is 2.82 bits per heavy atom. The first-order chi connectivity index (χ1) is 5.15. The molecule has 1 aromatic rings. The van der Waals surface area contributed by atoms with Crippen molar-refractivity contribution < 1.29 is 4.79 Å². The van der Waals surface area contributed by atoms with E-state index in [9.17, 15) is 4.79 Å². The quantitative estimate of drug-likeness (QED) is 0.649. The average Bonchev–Trinajstić information content (AvgIpc) is 2.31. The van der Waals surface area contributed by atoms with Crippen molar-refractivity contribution in [1.29, 1.82) is 0 Å². The molecule has 1 heterocycles. The lowest BCUT2D eigenvalue weighted by Gasteiger charge is -1.84. The molecule has 0 bridgehead atoms. The van der Waals surface area contributed by atoms with Crippen molar-refractivity contribution in [2.75, 3.05) is 11.6 Å². The van der Waals surface area contributed by atoms with Crippen LogP contribution >= 0.6 is 38.9 Å². The number of carbonyl (C=O) groups excluding carboxylic acids is 1. The molecule has 0 aliphatic heterocycles. The van der Waals surface area contributed by atoms with E-state index in [2.05, 4.69) is 20.9 Å². The highest BCUT2D eigenvalue weighted by atomic mass is 79.9. The van der Waals surface area contributed by atoms with Crippen molar-refractivity contribution in [2.24, 2.45) is 0 Å². The largest absolute Gasteiger partial charge is 0.388 e. The normalized spacial score (nSPS) is 10.0. The number of alkyl halides is 1. The number of hydrogen-bond acceptors (Lipinski definition) is 4. The molecule has 60 valence electrons. The number of hydrogen-bond donors (Lipinski definition) is 1. The Morgan fingerprint density at radius 2 is 2.45 bits per heavy atom. The van der Waals surface area contributed by atoms with Gasteiger partial charge in [0.05, 0.1) is 5.88 Å². The van der Waals surface area contributed by atoms with Crippen LogP contribution in [-0.2, 0) is 0 Å². The molecule has 0 amide bonds. The maximum Gasteiger partial charge on any atom is 0.206 e. The van der Waals surface area contributed by atoms with Gasteiger partial charge in [-0.3, -0.25) is 4.79 Å². The molecule has 0 fully saturated rings. The van der Waals surface area contributed by atoms with Gasteiger partial charge in [0.25, 0.3) is 0 Å². The van der Waals surface area contributed by atoms with Gasteiger partial charge in [-0.15, -0.1) is 11.6 Å². The molecule has 1 aromatic heterocycles. The molecular formula is C5H4BrClN2OS. The second-order valence-corrected chi connectivity index (χ2v) is 3.78. The van der Waals surface area contributed by atoms with Crippen molar-refractivity contribution in [3.63, 3.8) is 0 Å². The van der Waals surface area contributed by atoms with Gasteiger partial charge in [0.1, 0.15) is 9.60 Å². The van der Waals surface area contributed by atoms with Gasteiger partial charge in [0, 0.05) is 0 Å². The lowest BCUT2D eigenvalue weighted by atomic mass is 10.5. The summed E-state index contributed by atoms with van der Waals surface area (Å²) in [5.74, 6) is -0.256. The third-order valence-corrected chi connectivity index (χ3v) is 3.00. The number of anilines is 1. The van der Waals surface area contributed by atoms with Gasteiger partial charge in [0.2, 0.25) is 5.78 Å². The Hall–Kier alpha value is -0.130. The van der Waals surface area contributed by atoms with Crippen LogP contribution in [0.4, 0.5) is 5.00 Å². The van der Waals surface area contributed by atoms with E-state index in [1.807, 2.05) is 0 Å². The van der Waals surface area contributed by atoms with E-state index in [0.29, 0.717) is 14.6 Å². The topological polar surface area (TPSA) is 56.0 Å². The van der Waals surface area contributed by atoms with Gasteiger partial charge < -0.3 is 5.73 Å².